The highest BCUT2D eigenvalue weighted by Crippen LogP contribution is 2.23. The predicted molar refractivity (Wildman–Crippen MR) is 284 cm³/mol. The largest absolute Gasteiger partial charge is 0.466 e. The normalized spacial score (nSPS) is 12.4. The summed E-state index contributed by atoms with van der Waals surface area (Å²) in [6, 6.07) is 0. The third-order valence-electron chi connectivity index (χ3n) is 13.9. The molecule has 392 valence electrons. The van der Waals surface area contributed by atoms with E-state index >= 15 is 0 Å². The Balaban J connectivity index is 4.86. The van der Waals surface area contributed by atoms with E-state index in [9.17, 15) is 14.4 Å². The molecule has 0 aliphatic heterocycles. The minimum absolute atomic E-state index is 0.0675. The van der Waals surface area contributed by atoms with Crippen molar-refractivity contribution >= 4 is 17.9 Å². The van der Waals surface area contributed by atoms with Crippen LogP contribution in [0.4, 0.5) is 0 Å². The van der Waals surface area contributed by atoms with E-state index in [1.165, 1.54) is 205 Å². The van der Waals surface area contributed by atoms with Gasteiger partial charge in [0.25, 0.3) is 0 Å². The fourth-order valence-corrected chi connectivity index (χ4v) is 9.44. The molecule has 0 aliphatic rings. The van der Waals surface area contributed by atoms with E-state index in [-0.39, 0.29) is 24.0 Å². The fourth-order valence-electron chi connectivity index (χ4n) is 9.44. The maximum Gasteiger partial charge on any atom is 0.306 e. The van der Waals surface area contributed by atoms with E-state index in [1.54, 1.807) is 0 Å². The monoisotopic (exact) mass is 933 g/mol. The Morgan fingerprint density at radius 2 is 0.470 bits per heavy atom. The van der Waals surface area contributed by atoms with Crippen molar-refractivity contribution in [2.24, 2.45) is 0 Å². The van der Waals surface area contributed by atoms with E-state index in [1.807, 2.05) is 0 Å². The van der Waals surface area contributed by atoms with Crippen molar-refractivity contribution < 1.29 is 28.6 Å². The van der Waals surface area contributed by atoms with Gasteiger partial charge >= 0.3 is 17.9 Å². The third kappa shape index (κ3) is 48.9. The van der Waals surface area contributed by atoms with Crippen LogP contribution in [-0.4, -0.2) is 36.7 Å². The average Bonchev–Trinajstić information content (AvgIpc) is 3.31. The topological polar surface area (TPSA) is 78.9 Å². The standard InChI is InChI=1S/C60H116O6/c1-5-9-13-17-21-23-24-25-26-27-28-29-30-31-32-34-36-41-48-54-59(62)65-56(50-44-38-19-15-11-7-3)57(66-60(63)53-47-40-35-33-22-18-14-10-6-2)51-45-39-37-42-46-52-58(61)64-55-49-43-20-16-12-8-4/h56-57H,5-55H2,1-4H3. The van der Waals surface area contributed by atoms with Crippen LogP contribution in [0.1, 0.15) is 349 Å². The van der Waals surface area contributed by atoms with E-state index < -0.39 is 6.10 Å². The minimum atomic E-state index is -0.391. The van der Waals surface area contributed by atoms with Gasteiger partial charge in [0.05, 0.1) is 6.61 Å². The van der Waals surface area contributed by atoms with Crippen molar-refractivity contribution in [3.63, 3.8) is 0 Å². The van der Waals surface area contributed by atoms with Crippen LogP contribution in [0.2, 0.25) is 0 Å². The highest BCUT2D eigenvalue weighted by Gasteiger charge is 2.28. The molecule has 0 radical (unpaired) electrons. The lowest BCUT2D eigenvalue weighted by molar-refractivity contribution is -0.169. The number of hydrogen-bond donors (Lipinski definition) is 0. The van der Waals surface area contributed by atoms with Crippen molar-refractivity contribution in [1.82, 2.24) is 0 Å². The van der Waals surface area contributed by atoms with Crippen molar-refractivity contribution in [2.45, 2.75) is 361 Å². The summed E-state index contributed by atoms with van der Waals surface area (Å²) >= 11 is 0. The molecular formula is C60H116O6. The predicted octanol–water partition coefficient (Wildman–Crippen LogP) is 19.9. The molecule has 6 nitrogen and oxygen atoms in total. The smallest absolute Gasteiger partial charge is 0.306 e. The summed E-state index contributed by atoms with van der Waals surface area (Å²) in [5.74, 6) is -0.325. The first-order valence-electron chi connectivity index (χ1n) is 30.0. The molecule has 0 heterocycles. The molecule has 0 saturated heterocycles. The summed E-state index contributed by atoms with van der Waals surface area (Å²) < 4.78 is 18.1. The Bertz CT molecular complexity index is 998. The van der Waals surface area contributed by atoms with Crippen LogP contribution >= 0.6 is 0 Å². The highest BCUT2D eigenvalue weighted by molar-refractivity contribution is 5.70. The number of carbonyl (C=O) groups excluding carboxylic acids is 3. The highest BCUT2D eigenvalue weighted by atomic mass is 16.6. The van der Waals surface area contributed by atoms with Crippen molar-refractivity contribution in [1.29, 1.82) is 0 Å². The van der Waals surface area contributed by atoms with Gasteiger partial charge in [-0.25, -0.2) is 0 Å². The third-order valence-corrected chi connectivity index (χ3v) is 13.9. The molecule has 6 heteroatoms. The molecule has 66 heavy (non-hydrogen) atoms. The molecule has 0 saturated carbocycles. The number of ether oxygens (including phenoxy) is 3. The van der Waals surface area contributed by atoms with Gasteiger partial charge in [-0.05, 0) is 51.4 Å². The quantitative estimate of drug-likeness (QED) is 0.0343. The molecule has 0 N–H and O–H groups in total. The van der Waals surface area contributed by atoms with E-state index in [0.717, 1.165) is 96.3 Å². The second kappa shape index (κ2) is 54.4. The molecule has 0 bridgehead atoms. The molecule has 0 aromatic rings. The molecule has 2 atom stereocenters. The van der Waals surface area contributed by atoms with Crippen LogP contribution < -0.4 is 0 Å². The molecule has 0 aromatic carbocycles. The zero-order valence-corrected chi connectivity index (χ0v) is 45.2. The second-order valence-corrected chi connectivity index (χ2v) is 20.6. The lowest BCUT2D eigenvalue weighted by Gasteiger charge is -2.27. The zero-order chi connectivity index (χ0) is 48.1. The van der Waals surface area contributed by atoms with Gasteiger partial charge in [0.15, 0.2) is 0 Å². The molecule has 0 spiro atoms. The summed E-state index contributed by atoms with van der Waals surface area (Å²) in [5, 5.41) is 0. The number of carbonyl (C=O) groups is 3. The average molecular weight is 934 g/mol. The van der Waals surface area contributed by atoms with Gasteiger partial charge in [0, 0.05) is 19.3 Å². The van der Waals surface area contributed by atoms with Crippen molar-refractivity contribution in [3.05, 3.63) is 0 Å². The Morgan fingerprint density at radius 1 is 0.258 bits per heavy atom. The first-order chi connectivity index (χ1) is 32.5. The van der Waals surface area contributed by atoms with E-state index in [0.29, 0.717) is 25.9 Å². The van der Waals surface area contributed by atoms with Gasteiger partial charge in [0.1, 0.15) is 12.2 Å². The Labute approximate surface area is 412 Å². The fraction of sp³-hybridized carbons (Fsp3) is 0.950. The lowest BCUT2D eigenvalue weighted by atomic mass is 9.98. The van der Waals surface area contributed by atoms with Gasteiger partial charge in [-0.15, -0.1) is 0 Å². The van der Waals surface area contributed by atoms with E-state index in [4.69, 9.17) is 14.2 Å². The first kappa shape index (κ1) is 64.4. The van der Waals surface area contributed by atoms with Crippen LogP contribution in [0.15, 0.2) is 0 Å². The molecule has 0 rings (SSSR count). The van der Waals surface area contributed by atoms with Crippen LogP contribution in [0.25, 0.3) is 0 Å². The van der Waals surface area contributed by atoms with Gasteiger partial charge < -0.3 is 14.2 Å². The Kier molecular flexibility index (Phi) is 53.0. The maximum atomic E-state index is 13.4. The maximum absolute atomic E-state index is 13.4. The number of unbranched alkanes of at least 4 members (excludes halogenated alkanes) is 40. The molecule has 0 fully saturated rings. The van der Waals surface area contributed by atoms with Crippen molar-refractivity contribution in [2.75, 3.05) is 6.61 Å². The summed E-state index contributed by atoms with van der Waals surface area (Å²) in [6.07, 6.45) is 57.4. The number of hydrogen-bond acceptors (Lipinski definition) is 6. The number of rotatable bonds is 55. The summed E-state index contributed by atoms with van der Waals surface area (Å²) in [4.78, 5) is 39.0. The van der Waals surface area contributed by atoms with Gasteiger partial charge in [0.2, 0.25) is 0 Å². The molecule has 0 aliphatic carbocycles. The van der Waals surface area contributed by atoms with Crippen molar-refractivity contribution in [3.8, 4) is 0 Å². The minimum Gasteiger partial charge on any atom is -0.466 e. The molecule has 2 unspecified atom stereocenters. The summed E-state index contributed by atoms with van der Waals surface area (Å²) in [6.45, 7) is 9.58. The van der Waals surface area contributed by atoms with E-state index in [2.05, 4.69) is 27.7 Å². The SMILES string of the molecule is CCCCCCCCCCCCCCCCCCCCCC(=O)OC(CCCCCCCC)C(CCCCCCCC(=O)OCCCCCCCC)OC(=O)CCCCCCCCCCC. The summed E-state index contributed by atoms with van der Waals surface area (Å²) in [5.41, 5.74) is 0. The van der Waals surface area contributed by atoms with Gasteiger partial charge in [-0.1, -0.05) is 278 Å². The Hall–Kier alpha value is -1.59. The van der Waals surface area contributed by atoms with Crippen LogP contribution in [-0.2, 0) is 28.6 Å². The molecule has 0 amide bonds. The molecular weight excluding hydrogens is 817 g/mol. The summed E-state index contributed by atoms with van der Waals surface area (Å²) in [7, 11) is 0. The lowest BCUT2D eigenvalue weighted by Crippen LogP contribution is -2.35. The van der Waals surface area contributed by atoms with Gasteiger partial charge in [-0.2, -0.15) is 0 Å². The van der Waals surface area contributed by atoms with Gasteiger partial charge in [-0.3, -0.25) is 14.4 Å². The zero-order valence-electron chi connectivity index (χ0n) is 45.2. The Morgan fingerprint density at radius 3 is 0.742 bits per heavy atom. The van der Waals surface area contributed by atoms with Crippen LogP contribution in [0.5, 0.6) is 0 Å². The number of esters is 3. The first-order valence-corrected chi connectivity index (χ1v) is 30.0. The molecule has 0 aromatic heterocycles. The second-order valence-electron chi connectivity index (χ2n) is 20.6. The van der Waals surface area contributed by atoms with Crippen LogP contribution in [0.3, 0.4) is 0 Å². The van der Waals surface area contributed by atoms with Crippen LogP contribution in [0, 0.1) is 0 Å².